The summed E-state index contributed by atoms with van der Waals surface area (Å²) in [6, 6.07) is 5.88. The van der Waals surface area contributed by atoms with Crippen molar-refractivity contribution in [3.63, 3.8) is 0 Å². The molecular formula is C12H16N2O3. The molecule has 5 heteroatoms. The Hall–Kier alpha value is -1.88. The molecule has 1 aromatic rings. The number of hydrogen-bond acceptors (Lipinski definition) is 4. The number of hydrogen-bond donors (Lipinski definition) is 3. The fraction of sp³-hybridized carbons (Fsp3) is 0.333. The molecule has 5 nitrogen and oxygen atoms in total. The van der Waals surface area contributed by atoms with Gasteiger partial charge >= 0.3 is 0 Å². The summed E-state index contributed by atoms with van der Waals surface area (Å²) in [4.78, 5) is 21.6. The minimum Gasteiger partial charge on any atom is -0.508 e. The Bertz CT molecular complexity index is 376. The second-order valence-electron chi connectivity index (χ2n) is 3.72. The Balaban J connectivity index is 2.42. The first-order chi connectivity index (χ1) is 8.13. The topological polar surface area (TPSA) is 92.4 Å². The number of carbonyl (C=O) groups excluding carboxylic acids is 2. The normalized spacial score (nSPS) is 11.8. The monoisotopic (exact) mass is 236 g/mol. The predicted molar refractivity (Wildman–Crippen MR) is 63.5 cm³/mol. The molecule has 0 heterocycles. The maximum Gasteiger partial charge on any atom is 0.237 e. The number of phenolic OH excluding ortho intramolecular Hbond substituents is 1. The molecule has 17 heavy (non-hydrogen) atoms. The number of amides is 1. The molecule has 0 radical (unpaired) electrons. The lowest BCUT2D eigenvalue weighted by molar-refractivity contribution is -0.122. The summed E-state index contributed by atoms with van der Waals surface area (Å²) in [6.45, 7) is 0.311. The van der Waals surface area contributed by atoms with Crippen LogP contribution >= 0.6 is 0 Å². The molecule has 1 atom stereocenters. The Morgan fingerprint density at radius 2 is 2.06 bits per heavy atom. The van der Waals surface area contributed by atoms with Crippen molar-refractivity contribution < 1.29 is 14.7 Å². The van der Waals surface area contributed by atoms with Gasteiger partial charge in [0.05, 0.1) is 6.04 Å². The lowest BCUT2D eigenvalue weighted by Crippen LogP contribution is -2.42. The minimum absolute atomic E-state index is 0.178. The molecule has 0 aliphatic rings. The van der Waals surface area contributed by atoms with Crippen molar-refractivity contribution in [2.45, 2.75) is 18.9 Å². The molecule has 0 fully saturated rings. The van der Waals surface area contributed by atoms with Crippen LogP contribution in [0.5, 0.6) is 5.75 Å². The van der Waals surface area contributed by atoms with E-state index in [1.807, 2.05) is 0 Å². The van der Waals surface area contributed by atoms with Crippen LogP contribution in [0.4, 0.5) is 0 Å². The van der Waals surface area contributed by atoms with Crippen LogP contribution in [0.1, 0.15) is 12.0 Å². The van der Waals surface area contributed by atoms with Crippen LogP contribution in [-0.2, 0) is 16.0 Å². The zero-order valence-electron chi connectivity index (χ0n) is 9.43. The van der Waals surface area contributed by atoms with Crippen molar-refractivity contribution in [3.8, 4) is 5.75 Å². The third-order valence-corrected chi connectivity index (χ3v) is 2.29. The average molecular weight is 236 g/mol. The zero-order valence-corrected chi connectivity index (χ0v) is 9.43. The van der Waals surface area contributed by atoms with Gasteiger partial charge in [-0.15, -0.1) is 0 Å². The van der Waals surface area contributed by atoms with Gasteiger partial charge in [-0.25, -0.2) is 0 Å². The van der Waals surface area contributed by atoms with Gasteiger partial charge in [0.1, 0.15) is 12.0 Å². The quantitative estimate of drug-likeness (QED) is 0.477. The van der Waals surface area contributed by atoms with E-state index in [4.69, 9.17) is 10.8 Å². The smallest absolute Gasteiger partial charge is 0.237 e. The molecule has 92 valence electrons. The van der Waals surface area contributed by atoms with Crippen molar-refractivity contribution in [3.05, 3.63) is 29.8 Å². The zero-order chi connectivity index (χ0) is 12.7. The molecule has 0 aliphatic heterocycles. The molecule has 0 aliphatic carbocycles. The molecule has 1 rings (SSSR count). The fourth-order valence-corrected chi connectivity index (χ4v) is 1.36. The van der Waals surface area contributed by atoms with E-state index in [-0.39, 0.29) is 18.1 Å². The van der Waals surface area contributed by atoms with E-state index in [9.17, 15) is 9.59 Å². The predicted octanol–water partition coefficient (Wildman–Crippen LogP) is -0.0328. The van der Waals surface area contributed by atoms with Crippen LogP contribution < -0.4 is 11.1 Å². The summed E-state index contributed by atoms with van der Waals surface area (Å²) in [7, 11) is 0. The van der Waals surface area contributed by atoms with Gasteiger partial charge in [-0.05, 0) is 24.1 Å². The number of phenols is 1. The van der Waals surface area contributed by atoms with Gasteiger partial charge < -0.3 is 21.0 Å². The fourth-order valence-electron chi connectivity index (χ4n) is 1.36. The summed E-state index contributed by atoms with van der Waals surface area (Å²) in [5.41, 5.74) is 6.58. The number of benzene rings is 1. The third-order valence-electron chi connectivity index (χ3n) is 2.29. The molecule has 1 aromatic carbocycles. The van der Waals surface area contributed by atoms with Crippen LogP contribution in [0.15, 0.2) is 24.3 Å². The maximum absolute atomic E-state index is 11.5. The Labute approximate surface area is 99.6 Å². The van der Waals surface area contributed by atoms with Crippen molar-refractivity contribution in [2.24, 2.45) is 5.73 Å². The van der Waals surface area contributed by atoms with Gasteiger partial charge in [-0.2, -0.15) is 0 Å². The van der Waals surface area contributed by atoms with E-state index in [2.05, 4.69) is 5.32 Å². The molecule has 0 saturated heterocycles. The van der Waals surface area contributed by atoms with E-state index in [0.29, 0.717) is 13.0 Å². The molecule has 4 N–H and O–H groups in total. The molecule has 0 aromatic heterocycles. The van der Waals surface area contributed by atoms with E-state index >= 15 is 0 Å². The highest BCUT2D eigenvalue weighted by molar-refractivity contribution is 5.81. The van der Waals surface area contributed by atoms with Gasteiger partial charge in [0.2, 0.25) is 5.91 Å². The third kappa shape index (κ3) is 4.65. The second-order valence-corrected chi connectivity index (χ2v) is 3.72. The first-order valence-corrected chi connectivity index (χ1v) is 5.38. The van der Waals surface area contributed by atoms with Crippen molar-refractivity contribution in [2.75, 3.05) is 6.54 Å². The maximum atomic E-state index is 11.5. The van der Waals surface area contributed by atoms with Crippen molar-refractivity contribution >= 4 is 12.2 Å². The molecule has 0 saturated carbocycles. The highest BCUT2D eigenvalue weighted by atomic mass is 16.3. The van der Waals surface area contributed by atoms with E-state index in [1.54, 1.807) is 24.3 Å². The number of nitrogens with one attached hydrogen (secondary N) is 1. The average Bonchev–Trinajstić information content (AvgIpc) is 2.32. The standard InChI is InChI=1S/C12H16N2O3/c13-11(12(17)14-6-1-7-15)8-9-2-4-10(16)5-3-9/h2-5,7,11,16H,1,6,8,13H2,(H,14,17)/t11-/m0/s1. The van der Waals surface area contributed by atoms with Crippen LogP contribution in [0.2, 0.25) is 0 Å². The highest BCUT2D eigenvalue weighted by Crippen LogP contribution is 2.10. The number of aldehydes is 1. The van der Waals surface area contributed by atoms with Crippen LogP contribution in [0, 0.1) is 0 Å². The molecule has 0 spiro atoms. The summed E-state index contributed by atoms with van der Waals surface area (Å²) in [5, 5.41) is 11.7. The molecular weight excluding hydrogens is 220 g/mol. The summed E-state index contributed by atoms with van der Waals surface area (Å²) >= 11 is 0. The van der Waals surface area contributed by atoms with Crippen LogP contribution in [0.3, 0.4) is 0 Å². The van der Waals surface area contributed by atoms with E-state index in [1.165, 1.54) is 0 Å². The van der Waals surface area contributed by atoms with Gasteiger partial charge in [0.15, 0.2) is 0 Å². The van der Waals surface area contributed by atoms with Gasteiger partial charge in [-0.3, -0.25) is 4.79 Å². The van der Waals surface area contributed by atoms with Gasteiger partial charge in [-0.1, -0.05) is 12.1 Å². The molecule has 0 bridgehead atoms. The molecule has 1 amide bonds. The van der Waals surface area contributed by atoms with Crippen molar-refractivity contribution in [1.29, 1.82) is 0 Å². The summed E-state index contributed by atoms with van der Waals surface area (Å²) < 4.78 is 0. The number of rotatable bonds is 6. The lowest BCUT2D eigenvalue weighted by atomic mass is 10.1. The number of nitrogens with two attached hydrogens (primary N) is 1. The first kappa shape index (κ1) is 13.2. The summed E-state index contributed by atoms with van der Waals surface area (Å²) in [6.07, 6.45) is 1.43. The highest BCUT2D eigenvalue weighted by Gasteiger charge is 2.13. The van der Waals surface area contributed by atoms with Crippen molar-refractivity contribution in [1.82, 2.24) is 5.32 Å². The number of aromatic hydroxyl groups is 1. The SMILES string of the molecule is N[C@@H](Cc1ccc(O)cc1)C(=O)NCCC=O. The lowest BCUT2D eigenvalue weighted by Gasteiger charge is -2.11. The Kier molecular flexibility index (Phi) is 5.16. The van der Waals surface area contributed by atoms with E-state index in [0.717, 1.165) is 11.8 Å². The largest absolute Gasteiger partial charge is 0.508 e. The number of carbonyl (C=O) groups is 2. The Morgan fingerprint density at radius 3 is 2.65 bits per heavy atom. The first-order valence-electron chi connectivity index (χ1n) is 5.38. The van der Waals surface area contributed by atoms with Gasteiger partial charge in [0.25, 0.3) is 0 Å². The second kappa shape index (κ2) is 6.65. The minimum atomic E-state index is -0.647. The summed E-state index contributed by atoms with van der Waals surface area (Å²) in [5.74, 6) is -0.0994. The Morgan fingerprint density at radius 1 is 1.41 bits per heavy atom. The van der Waals surface area contributed by atoms with E-state index < -0.39 is 6.04 Å². The molecule has 0 unspecified atom stereocenters. The van der Waals surface area contributed by atoms with Gasteiger partial charge in [0, 0.05) is 13.0 Å². The van der Waals surface area contributed by atoms with Crippen LogP contribution in [0.25, 0.3) is 0 Å². The van der Waals surface area contributed by atoms with Crippen LogP contribution in [-0.4, -0.2) is 29.9 Å².